The van der Waals surface area contributed by atoms with Crippen molar-refractivity contribution >= 4 is 44.0 Å². The topological polar surface area (TPSA) is 61.7 Å². The molecule has 0 bridgehead atoms. The molecule has 1 amide bonds. The van der Waals surface area contributed by atoms with E-state index in [4.69, 9.17) is 0 Å². The number of halogens is 2. The highest BCUT2D eigenvalue weighted by Crippen LogP contribution is 2.58. The summed E-state index contributed by atoms with van der Waals surface area (Å²) in [6, 6.07) is 23.7. The van der Waals surface area contributed by atoms with E-state index in [9.17, 15) is 9.90 Å². The fourth-order valence-electron chi connectivity index (χ4n) is 3.78. The fraction of sp³-hybridized carbons (Fsp3) is 0.130. The highest BCUT2D eigenvalue weighted by atomic mass is 79.9. The molecule has 4 nitrogen and oxygen atoms in total. The van der Waals surface area contributed by atoms with Crippen LogP contribution < -0.4 is 5.43 Å². The van der Waals surface area contributed by atoms with Crippen molar-refractivity contribution < 1.29 is 9.90 Å². The lowest BCUT2D eigenvalue weighted by Gasteiger charge is -2.18. The number of nitrogens with one attached hydrogen (secondary N) is 1. The quantitative estimate of drug-likeness (QED) is 0.355. The Morgan fingerprint density at radius 1 is 1.03 bits per heavy atom. The molecule has 6 heteroatoms. The molecule has 0 heterocycles. The number of benzene rings is 3. The number of phenols is 1. The molecule has 0 aromatic heterocycles. The van der Waals surface area contributed by atoms with Gasteiger partial charge in [0.15, 0.2) is 0 Å². The maximum Gasteiger partial charge on any atom is 0.244 e. The second-order valence-corrected chi connectivity index (χ2v) is 8.79. The Balaban J connectivity index is 1.55. The third kappa shape index (κ3) is 3.87. The number of rotatable bonds is 5. The summed E-state index contributed by atoms with van der Waals surface area (Å²) in [5.74, 6) is -0.268. The Hall–Kier alpha value is -2.44. The number of phenolic OH excluding ortho intramolecular Hbond substituents is 1. The molecule has 146 valence electrons. The normalized spacial score (nSPS) is 17.2. The summed E-state index contributed by atoms with van der Waals surface area (Å²) in [4.78, 5) is 12.9. The van der Waals surface area contributed by atoms with E-state index < -0.39 is 0 Å². The minimum Gasteiger partial charge on any atom is -0.506 e. The summed E-state index contributed by atoms with van der Waals surface area (Å²) in [6.07, 6.45) is 2.17. The summed E-state index contributed by atoms with van der Waals surface area (Å²) < 4.78 is 1.35. The van der Waals surface area contributed by atoms with Gasteiger partial charge in [0.25, 0.3) is 0 Å². The predicted molar refractivity (Wildman–Crippen MR) is 121 cm³/mol. The molecule has 0 aliphatic heterocycles. The number of hydrazone groups is 1. The second-order valence-electron chi connectivity index (χ2n) is 7.02. The Morgan fingerprint density at radius 3 is 2.21 bits per heavy atom. The van der Waals surface area contributed by atoms with Crippen LogP contribution in [0.15, 0.2) is 86.8 Å². The van der Waals surface area contributed by atoms with Gasteiger partial charge in [0, 0.05) is 15.5 Å². The zero-order chi connectivity index (χ0) is 20.4. The molecule has 1 atom stereocenters. The number of carbonyl (C=O) groups excluding carboxylic acids is 1. The van der Waals surface area contributed by atoms with E-state index in [1.165, 1.54) is 6.21 Å². The first kappa shape index (κ1) is 19.9. The molecule has 1 saturated carbocycles. The monoisotopic (exact) mass is 512 g/mol. The standard InChI is InChI=1S/C23H18Br2N2O2/c24-18-11-15(21(28)20(25)12-18)14-26-27-22(29)19-13-23(19,16-7-3-1-4-8-16)17-9-5-2-6-10-17/h1-12,14,19,28H,13H2,(H,27,29)/b26-14-. The molecule has 3 aromatic rings. The third-order valence-corrected chi connectivity index (χ3v) is 6.35. The molecule has 1 unspecified atom stereocenters. The van der Waals surface area contributed by atoms with Crippen LogP contribution in [0.2, 0.25) is 0 Å². The first-order valence-corrected chi connectivity index (χ1v) is 10.7. The lowest BCUT2D eigenvalue weighted by molar-refractivity contribution is -0.122. The molecule has 1 fully saturated rings. The van der Waals surface area contributed by atoms with Gasteiger partial charge in [0.05, 0.1) is 16.6 Å². The van der Waals surface area contributed by atoms with Crippen molar-refractivity contribution in [3.05, 3.63) is 98.4 Å². The molecule has 1 aliphatic carbocycles. The van der Waals surface area contributed by atoms with Gasteiger partial charge in [-0.3, -0.25) is 4.79 Å². The maximum atomic E-state index is 12.9. The van der Waals surface area contributed by atoms with E-state index in [0.29, 0.717) is 10.0 Å². The van der Waals surface area contributed by atoms with Crippen molar-refractivity contribution in [2.75, 3.05) is 0 Å². The molecule has 0 spiro atoms. The summed E-state index contributed by atoms with van der Waals surface area (Å²) in [5, 5.41) is 14.2. The highest BCUT2D eigenvalue weighted by molar-refractivity contribution is 9.11. The van der Waals surface area contributed by atoms with E-state index in [1.54, 1.807) is 12.1 Å². The molecular weight excluding hydrogens is 496 g/mol. The van der Waals surface area contributed by atoms with Gasteiger partial charge in [-0.25, -0.2) is 5.43 Å². The van der Waals surface area contributed by atoms with Crippen molar-refractivity contribution in [3.63, 3.8) is 0 Å². The van der Waals surface area contributed by atoms with E-state index in [2.05, 4.69) is 66.7 Å². The lowest BCUT2D eigenvalue weighted by Crippen LogP contribution is -2.25. The van der Waals surface area contributed by atoms with Crippen molar-refractivity contribution in [3.8, 4) is 5.75 Å². The molecular formula is C23H18Br2N2O2. The fourth-order valence-corrected chi connectivity index (χ4v) is 5.04. The minimum absolute atomic E-state index is 0.0699. The Bertz CT molecular complexity index is 1030. The first-order chi connectivity index (χ1) is 14.0. The van der Waals surface area contributed by atoms with E-state index in [1.807, 2.05) is 36.4 Å². The van der Waals surface area contributed by atoms with Crippen LogP contribution in [0.3, 0.4) is 0 Å². The maximum absolute atomic E-state index is 12.9. The van der Waals surface area contributed by atoms with Crippen LogP contribution >= 0.6 is 31.9 Å². The van der Waals surface area contributed by atoms with Gasteiger partial charge >= 0.3 is 0 Å². The van der Waals surface area contributed by atoms with Gasteiger partial charge in [-0.2, -0.15) is 5.10 Å². The van der Waals surface area contributed by atoms with E-state index in [-0.39, 0.29) is 23.0 Å². The summed E-state index contributed by atoms with van der Waals surface area (Å²) in [7, 11) is 0. The van der Waals surface area contributed by atoms with Gasteiger partial charge in [-0.1, -0.05) is 76.6 Å². The van der Waals surface area contributed by atoms with Gasteiger partial charge < -0.3 is 5.11 Å². The van der Waals surface area contributed by atoms with Crippen LogP contribution in [-0.4, -0.2) is 17.2 Å². The van der Waals surface area contributed by atoms with Crippen LogP contribution in [0.25, 0.3) is 0 Å². The van der Waals surface area contributed by atoms with Gasteiger partial charge in [-0.05, 0) is 45.6 Å². The molecule has 2 N–H and O–H groups in total. The van der Waals surface area contributed by atoms with Crippen molar-refractivity contribution in [2.24, 2.45) is 11.0 Å². The average molecular weight is 514 g/mol. The zero-order valence-corrected chi connectivity index (χ0v) is 18.5. The van der Waals surface area contributed by atoms with Crippen LogP contribution in [-0.2, 0) is 10.2 Å². The molecule has 29 heavy (non-hydrogen) atoms. The van der Waals surface area contributed by atoms with Gasteiger partial charge in [0.1, 0.15) is 5.75 Å². The second kappa shape index (κ2) is 8.13. The lowest BCUT2D eigenvalue weighted by atomic mass is 9.85. The summed E-state index contributed by atoms with van der Waals surface area (Å²) in [5.41, 5.74) is 5.07. The number of hydrogen-bond acceptors (Lipinski definition) is 3. The Labute approximate surface area is 185 Å². The number of nitrogens with zero attached hydrogens (tertiary/aromatic N) is 1. The molecule has 3 aromatic carbocycles. The first-order valence-electron chi connectivity index (χ1n) is 9.14. The van der Waals surface area contributed by atoms with Crippen molar-refractivity contribution in [1.29, 1.82) is 0 Å². The van der Waals surface area contributed by atoms with Gasteiger partial charge in [0.2, 0.25) is 5.91 Å². The summed E-state index contributed by atoms with van der Waals surface area (Å²) >= 11 is 6.67. The SMILES string of the molecule is O=C(N/N=C\c1cc(Br)cc(Br)c1O)C1CC1(c1ccccc1)c1ccccc1. The van der Waals surface area contributed by atoms with Crippen LogP contribution in [0.5, 0.6) is 5.75 Å². The summed E-state index contributed by atoms with van der Waals surface area (Å²) in [6.45, 7) is 0. The molecule has 0 saturated heterocycles. The third-order valence-electron chi connectivity index (χ3n) is 5.29. The Kier molecular flexibility index (Phi) is 5.56. The van der Waals surface area contributed by atoms with Crippen LogP contribution in [0.1, 0.15) is 23.1 Å². The van der Waals surface area contributed by atoms with Gasteiger partial charge in [-0.15, -0.1) is 0 Å². The van der Waals surface area contributed by atoms with Crippen molar-refractivity contribution in [2.45, 2.75) is 11.8 Å². The number of carbonyl (C=O) groups is 1. The molecule has 4 rings (SSSR count). The predicted octanol–water partition coefficient (Wildman–Crippen LogP) is 5.37. The zero-order valence-electron chi connectivity index (χ0n) is 15.3. The van der Waals surface area contributed by atoms with E-state index in [0.717, 1.165) is 22.0 Å². The highest BCUT2D eigenvalue weighted by Gasteiger charge is 2.60. The van der Waals surface area contributed by atoms with Crippen molar-refractivity contribution in [1.82, 2.24) is 5.43 Å². The largest absolute Gasteiger partial charge is 0.506 e. The van der Waals surface area contributed by atoms with Crippen LogP contribution in [0.4, 0.5) is 0 Å². The average Bonchev–Trinajstić information content (AvgIpc) is 3.50. The smallest absolute Gasteiger partial charge is 0.244 e. The number of hydrogen-bond donors (Lipinski definition) is 2. The number of aromatic hydroxyl groups is 1. The van der Waals surface area contributed by atoms with Crippen LogP contribution in [0, 0.1) is 5.92 Å². The minimum atomic E-state index is -0.330. The van der Waals surface area contributed by atoms with E-state index >= 15 is 0 Å². The number of amides is 1. The molecule has 1 aliphatic rings. The molecule has 0 radical (unpaired) electrons. The Morgan fingerprint density at radius 2 is 1.62 bits per heavy atom.